The SMILES string of the molecule is CCc1c(C)c2c(c(O)c1CC=C(C)CP(=O)(O)OC)C(=O)OC2. The number of ether oxygens (including phenoxy) is 1. The lowest BCUT2D eigenvalue weighted by Gasteiger charge is -2.16. The van der Waals surface area contributed by atoms with Crippen LogP contribution in [0.2, 0.25) is 0 Å². The van der Waals surface area contributed by atoms with Crippen LogP contribution in [0.15, 0.2) is 11.6 Å². The summed E-state index contributed by atoms with van der Waals surface area (Å²) < 4.78 is 21.3. The average molecular weight is 354 g/mol. The Morgan fingerprint density at radius 2 is 2.08 bits per heavy atom. The zero-order valence-corrected chi connectivity index (χ0v) is 15.3. The second-order valence-corrected chi connectivity index (χ2v) is 7.90. The van der Waals surface area contributed by atoms with Crippen LogP contribution in [0.3, 0.4) is 0 Å². The van der Waals surface area contributed by atoms with E-state index in [1.54, 1.807) is 13.0 Å². The number of allylic oxidation sites excluding steroid dienone is 2. The number of phenols is 1. The van der Waals surface area contributed by atoms with Crippen LogP contribution in [0.4, 0.5) is 0 Å². The second kappa shape index (κ2) is 7.09. The highest BCUT2D eigenvalue weighted by atomic mass is 31.2. The number of esters is 1. The van der Waals surface area contributed by atoms with E-state index >= 15 is 0 Å². The van der Waals surface area contributed by atoms with Crippen LogP contribution in [-0.4, -0.2) is 29.2 Å². The van der Waals surface area contributed by atoms with Gasteiger partial charge in [-0.1, -0.05) is 18.6 Å². The molecule has 0 radical (unpaired) electrons. The summed E-state index contributed by atoms with van der Waals surface area (Å²) in [5, 5.41) is 10.5. The minimum absolute atomic E-state index is 0.0436. The molecular weight excluding hydrogens is 331 g/mol. The fourth-order valence-corrected chi connectivity index (χ4v) is 3.95. The van der Waals surface area contributed by atoms with E-state index < -0.39 is 13.6 Å². The van der Waals surface area contributed by atoms with Crippen molar-refractivity contribution in [2.75, 3.05) is 13.3 Å². The Hall–Kier alpha value is -1.62. The summed E-state index contributed by atoms with van der Waals surface area (Å²) >= 11 is 0. The van der Waals surface area contributed by atoms with E-state index in [0.29, 0.717) is 24.0 Å². The van der Waals surface area contributed by atoms with Crippen molar-refractivity contribution in [1.82, 2.24) is 0 Å². The Bertz CT molecular complexity index is 750. The maximum absolute atomic E-state index is 11.9. The number of rotatable bonds is 6. The summed E-state index contributed by atoms with van der Waals surface area (Å²) in [6.45, 7) is 5.83. The molecular formula is C17H23O6P. The van der Waals surface area contributed by atoms with Crippen LogP contribution in [0, 0.1) is 6.92 Å². The van der Waals surface area contributed by atoms with Crippen LogP contribution < -0.4 is 0 Å². The highest BCUT2D eigenvalue weighted by molar-refractivity contribution is 7.53. The van der Waals surface area contributed by atoms with E-state index in [9.17, 15) is 19.4 Å². The number of benzene rings is 1. The van der Waals surface area contributed by atoms with E-state index in [-0.39, 0.29) is 24.1 Å². The van der Waals surface area contributed by atoms with Gasteiger partial charge in [-0.25, -0.2) is 4.79 Å². The lowest BCUT2D eigenvalue weighted by atomic mass is 9.89. The number of phenolic OH excluding ortho intramolecular Hbond substituents is 1. The molecule has 0 spiro atoms. The molecule has 1 aliphatic rings. The predicted molar refractivity (Wildman–Crippen MR) is 90.5 cm³/mol. The van der Waals surface area contributed by atoms with E-state index in [1.807, 2.05) is 13.8 Å². The standard InChI is InChI=1S/C17H23O6P/c1-5-12-11(3)14-8-23-17(19)15(14)16(18)13(12)7-6-10(2)9-24(20,21)22-4/h6,18H,5,7-9H2,1-4H3,(H,20,21). The highest BCUT2D eigenvalue weighted by Gasteiger charge is 2.30. The largest absolute Gasteiger partial charge is 0.507 e. The van der Waals surface area contributed by atoms with E-state index in [4.69, 9.17) is 4.74 Å². The Kier molecular flexibility index (Phi) is 5.53. The summed E-state index contributed by atoms with van der Waals surface area (Å²) in [5.41, 5.74) is 4.28. The lowest BCUT2D eigenvalue weighted by molar-refractivity contribution is 0.0533. The van der Waals surface area contributed by atoms with Crippen molar-refractivity contribution in [3.8, 4) is 5.75 Å². The van der Waals surface area contributed by atoms with Gasteiger partial charge in [-0.15, -0.1) is 0 Å². The topological polar surface area (TPSA) is 93.1 Å². The van der Waals surface area contributed by atoms with Crippen molar-refractivity contribution in [1.29, 1.82) is 0 Å². The molecule has 0 saturated heterocycles. The molecule has 0 aliphatic carbocycles. The van der Waals surface area contributed by atoms with Gasteiger partial charge in [0.25, 0.3) is 0 Å². The number of carbonyl (C=O) groups excluding carboxylic acids is 1. The van der Waals surface area contributed by atoms with Gasteiger partial charge in [-0.3, -0.25) is 4.57 Å². The van der Waals surface area contributed by atoms with Gasteiger partial charge < -0.3 is 19.3 Å². The molecule has 0 bridgehead atoms. The van der Waals surface area contributed by atoms with Crippen LogP contribution in [0.1, 0.15) is 46.5 Å². The first kappa shape index (κ1) is 18.7. The molecule has 1 aliphatic heterocycles. The van der Waals surface area contributed by atoms with Crippen LogP contribution in [-0.2, 0) is 33.3 Å². The smallest absolute Gasteiger partial charge is 0.342 e. The minimum Gasteiger partial charge on any atom is -0.507 e. The minimum atomic E-state index is -3.62. The van der Waals surface area contributed by atoms with Crippen molar-refractivity contribution in [3.63, 3.8) is 0 Å². The summed E-state index contributed by atoms with van der Waals surface area (Å²) in [5.74, 6) is -0.549. The summed E-state index contributed by atoms with van der Waals surface area (Å²) in [6.07, 6.45) is 2.78. The third-order valence-corrected chi connectivity index (χ3v) is 5.86. The first-order valence-corrected chi connectivity index (χ1v) is 9.54. The monoisotopic (exact) mass is 354 g/mol. The number of cyclic esters (lactones) is 1. The maximum Gasteiger partial charge on any atom is 0.342 e. The zero-order chi connectivity index (χ0) is 18.1. The maximum atomic E-state index is 11.9. The van der Waals surface area contributed by atoms with Crippen LogP contribution >= 0.6 is 7.60 Å². The molecule has 1 atom stereocenters. The molecule has 0 saturated carbocycles. The molecule has 1 aromatic carbocycles. The van der Waals surface area contributed by atoms with Crippen molar-refractivity contribution in [3.05, 3.63) is 39.5 Å². The molecule has 7 heteroatoms. The van der Waals surface area contributed by atoms with Crippen molar-refractivity contribution in [2.45, 2.75) is 40.2 Å². The van der Waals surface area contributed by atoms with Gasteiger partial charge >= 0.3 is 13.6 Å². The molecule has 132 valence electrons. The highest BCUT2D eigenvalue weighted by Crippen LogP contribution is 2.43. The van der Waals surface area contributed by atoms with Crippen molar-refractivity contribution >= 4 is 13.6 Å². The fraction of sp³-hybridized carbons (Fsp3) is 0.471. The summed E-state index contributed by atoms with van der Waals surface area (Å²) in [6, 6.07) is 0. The number of carbonyl (C=O) groups is 1. The molecule has 2 rings (SSSR count). The third kappa shape index (κ3) is 3.56. The molecule has 0 aromatic heterocycles. The van der Waals surface area contributed by atoms with Crippen LogP contribution in [0.5, 0.6) is 5.75 Å². The van der Waals surface area contributed by atoms with Gasteiger partial charge in [0.1, 0.15) is 17.9 Å². The Labute approximate surface area is 141 Å². The normalized spacial score (nSPS) is 16.7. The quantitative estimate of drug-likeness (QED) is 0.463. The van der Waals surface area contributed by atoms with Crippen molar-refractivity contribution < 1.29 is 28.6 Å². The molecule has 2 N–H and O–H groups in total. The Morgan fingerprint density at radius 3 is 2.67 bits per heavy atom. The molecule has 0 fully saturated rings. The third-order valence-electron chi connectivity index (χ3n) is 4.39. The Morgan fingerprint density at radius 1 is 1.42 bits per heavy atom. The number of aromatic hydroxyl groups is 1. The van der Waals surface area contributed by atoms with Crippen LogP contribution in [0.25, 0.3) is 0 Å². The molecule has 1 aromatic rings. The van der Waals surface area contributed by atoms with E-state index in [0.717, 1.165) is 16.7 Å². The molecule has 1 unspecified atom stereocenters. The van der Waals surface area contributed by atoms with Gasteiger partial charge in [0.2, 0.25) is 0 Å². The number of hydrogen-bond acceptors (Lipinski definition) is 5. The first-order chi connectivity index (χ1) is 11.2. The average Bonchev–Trinajstić information content (AvgIpc) is 2.91. The van der Waals surface area contributed by atoms with E-state index in [2.05, 4.69) is 4.52 Å². The van der Waals surface area contributed by atoms with Gasteiger partial charge in [0.05, 0.1) is 6.16 Å². The van der Waals surface area contributed by atoms with Crippen molar-refractivity contribution in [2.24, 2.45) is 0 Å². The van der Waals surface area contributed by atoms with E-state index in [1.165, 1.54) is 7.11 Å². The first-order valence-electron chi connectivity index (χ1n) is 7.78. The number of fused-ring (bicyclic) bond motifs is 1. The number of hydrogen-bond donors (Lipinski definition) is 2. The Balaban J connectivity index is 2.41. The molecule has 0 amide bonds. The second-order valence-electron chi connectivity index (χ2n) is 5.95. The van der Waals surface area contributed by atoms with Gasteiger partial charge in [0.15, 0.2) is 0 Å². The fourth-order valence-electron chi connectivity index (χ4n) is 3.06. The van der Waals surface area contributed by atoms with Gasteiger partial charge in [0, 0.05) is 18.2 Å². The summed E-state index contributed by atoms with van der Waals surface area (Å²) in [4.78, 5) is 21.4. The molecule has 24 heavy (non-hydrogen) atoms. The zero-order valence-electron chi connectivity index (χ0n) is 14.4. The molecule has 1 heterocycles. The van der Waals surface area contributed by atoms with Gasteiger partial charge in [-0.05, 0) is 37.8 Å². The summed E-state index contributed by atoms with van der Waals surface area (Å²) in [7, 11) is -2.42. The van der Waals surface area contributed by atoms with Gasteiger partial charge in [-0.2, -0.15) is 0 Å². The predicted octanol–water partition coefficient (Wildman–Crippen LogP) is 3.25. The molecule has 6 nitrogen and oxygen atoms in total. The lowest BCUT2D eigenvalue weighted by Crippen LogP contribution is -2.05.